The second kappa shape index (κ2) is 9.56. The van der Waals surface area contributed by atoms with Crippen LogP contribution in [0.3, 0.4) is 0 Å². The number of ether oxygens (including phenoxy) is 1. The van der Waals surface area contributed by atoms with Crippen molar-refractivity contribution in [3.8, 4) is 0 Å². The van der Waals surface area contributed by atoms with Crippen molar-refractivity contribution in [1.29, 1.82) is 0 Å². The smallest absolute Gasteiger partial charge is 0.254 e. The summed E-state index contributed by atoms with van der Waals surface area (Å²) in [5.41, 5.74) is 1.65. The van der Waals surface area contributed by atoms with E-state index in [1.54, 1.807) is 18.2 Å². The van der Waals surface area contributed by atoms with Crippen molar-refractivity contribution in [3.63, 3.8) is 0 Å². The van der Waals surface area contributed by atoms with Gasteiger partial charge in [0.05, 0.1) is 23.3 Å². The Morgan fingerprint density at radius 1 is 1.11 bits per heavy atom. The Morgan fingerprint density at radius 3 is 2.48 bits per heavy atom. The number of carbonyl (C=O) groups excluding carboxylic acids is 1. The fourth-order valence-corrected chi connectivity index (χ4v) is 3.56. The molecular weight excluding hydrogens is 383 g/mol. The van der Waals surface area contributed by atoms with E-state index >= 15 is 0 Å². The lowest BCUT2D eigenvalue weighted by atomic mass is 10.1. The van der Waals surface area contributed by atoms with Crippen LogP contribution in [0.2, 0.25) is 10.0 Å². The van der Waals surface area contributed by atoms with Gasteiger partial charge in [-0.15, -0.1) is 0 Å². The van der Waals surface area contributed by atoms with Gasteiger partial charge in [-0.25, -0.2) is 0 Å². The van der Waals surface area contributed by atoms with Gasteiger partial charge in [0, 0.05) is 37.8 Å². The molecule has 4 nitrogen and oxygen atoms in total. The zero-order valence-corrected chi connectivity index (χ0v) is 16.9. The number of carbonyl (C=O) groups is 1. The molecule has 144 valence electrons. The predicted molar refractivity (Wildman–Crippen MR) is 109 cm³/mol. The third-order valence-electron chi connectivity index (χ3n) is 4.78. The molecule has 1 unspecified atom stereocenters. The molecule has 2 aromatic carbocycles. The molecule has 1 fully saturated rings. The molecular formula is C21H24Cl2N2O2. The average Bonchev–Trinajstić information content (AvgIpc) is 2.69. The van der Waals surface area contributed by atoms with E-state index in [1.165, 1.54) is 0 Å². The molecule has 0 aromatic heterocycles. The van der Waals surface area contributed by atoms with Gasteiger partial charge in [0.1, 0.15) is 0 Å². The standard InChI is InChI=1S/C21H24Cl2N2O2/c1-16(14-24-9-11-27-12-10-24)25(15-17-5-3-2-4-6-17)21(26)18-7-8-19(22)20(23)13-18/h2-8,13,16H,9-12,14-15H2,1H3. The van der Waals surface area contributed by atoms with Crippen molar-refractivity contribution in [2.75, 3.05) is 32.8 Å². The molecule has 2 aromatic rings. The van der Waals surface area contributed by atoms with Gasteiger partial charge >= 0.3 is 0 Å². The van der Waals surface area contributed by atoms with Gasteiger partial charge in [-0.3, -0.25) is 9.69 Å². The Morgan fingerprint density at radius 2 is 1.81 bits per heavy atom. The topological polar surface area (TPSA) is 32.8 Å². The molecule has 0 bridgehead atoms. The number of hydrogen-bond donors (Lipinski definition) is 0. The van der Waals surface area contributed by atoms with Gasteiger partial charge in [-0.2, -0.15) is 0 Å². The van der Waals surface area contributed by atoms with Crippen molar-refractivity contribution >= 4 is 29.1 Å². The van der Waals surface area contributed by atoms with Crippen molar-refractivity contribution in [2.24, 2.45) is 0 Å². The van der Waals surface area contributed by atoms with Gasteiger partial charge in [0.25, 0.3) is 5.91 Å². The van der Waals surface area contributed by atoms with Crippen molar-refractivity contribution < 1.29 is 9.53 Å². The first-order chi connectivity index (χ1) is 13.0. The lowest BCUT2D eigenvalue weighted by Gasteiger charge is -2.35. The summed E-state index contributed by atoms with van der Waals surface area (Å²) in [5.74, 6) is -0.0434. The predicted octanol–water partition coefficient (Wildman–Crippen LogP) is 4.36. The summed E-state index contributed by atoms with van der Waals surface area (Å²) >= 11 is 12.1. The summed E-state index contributed by atoms with van der Waals surface area (Å²) in [4.78, 5) is 17.5. The van der Waals surface area contributed by atoms with Crippen molar-refractivity contribution in [2.45, 2.75) is 19.5 Å². The van der Waals surface area contributed by atoms with Gasteiger partial charge in [-0.05, 0) is 30.7 Å². The number of morpholine rings is 1. The van der Waals surface area contributed by atoms with Crippen LogP contribution in [0.5, 0.6) is 0 Å². The number of benzene rings is 2. The van der Waals surface area contributed by atoms with E-state index in [2.05, 4.69) is 11.8 Å². The first-order valence-corrected chi connectivity index (χ1v) is 9.90. The first kappa shape index (κ1) is 20.2. The van der Waals surface area contributed by atoms with Crippen LogP contribution < -0.4 is 0 Å². The number of hydrogen-bond acceptors (Lipinski definition) is 3. The number of nitrogens with zero attached hydrogens (tertiary/aromatic N) is 2. The summed E-state index contributed by atoms with van der Waals surface area (Å²) in [6.07, 6.45) is 0. The maximum atomic E-state index is 13.3. The lowest BCUT2D eigenvalue weighted by Crippen LogP contribution is -2.48. The summed E-state index contributed by atoms with van der Waals surface area (Å²) in [7, 11) is 0. The van der Waals surface area contributed by atoms with E-state index in [4.69, 9.17) is 27.9 Å². The average molecular weight is 407 g/mol. The number of amides is 1. The molecule has 3 rings (SSSR count). The van der Waals surface area contributed by atoms with Gasteiger partial charge < -0.3 is 9.64 Å². The van der Waals surface area contributed by atoms with E-state index in [-0.39, 0.29) is 11.9 Å². The molecule has 27 heavy (non-hydrogen) atoms. The van der Waals surface area contributed by atoms with E-state index in [0.29, 0.717) is 22.2 Å². The van der Waals surface area contributed by atoms with Crippen LogP contribution in [0.15, 0.2) is 48.5 Å². The highest BCUT2D eigenvalue weighted by Gasteiger charge is 2.25. The molecule has 1 atom stereocenters. The lowest BCUT2D eigenvalue weighted by molar-refractivity contribution is 0.0228. The summed E-state index contributed by atoms with van der Waals surface area (Å²) in [5, 5.41) is 0.840. The summed E-state index contributed by atoms with van der Waals surface area (Å²) in [6.45, 7) is 6.72. The van der Waals surface area contributed by atoms with E-state index in [0.717, 1.165) is 38.4 Å². The van der Waals surface area contributed by atoms with Gasteiger partial charge in [0.15, 0.2) is 0 Å². The van der Waals surface area contributed by atoms with Crippen LogP contribution in [0.4, 0.5) is 0 Å². The molecule has 1 saturated heterocycles. The largest absolute Gasteiger partial charge is 0.379 e. The van der Waals surface area contributed by atoms with Crippen molar-refractivity contribution in [1.82, 2.24) is 9.80 Å². The molecule has 1 aliphatic rings. The zero-order chi connectivity index (χ0) is 19.2. The minimum Gasteiger partial charge on any atom is -0.379 e. The molecule has 1 aliphatic heterocycles. The molecule has 0 radical (unpaired) electrons. The van der Waals surface area contributed by atoms with E-state index < -0.39 is 0 Å². The molecule has 0 N–H and O–H groups in total. The van der Waals surface area contributed by atoms with Crippen molar-refractivity contribution in [3.05, 3.63) is 69.7 Å². The molecule has 0 aliphatic carbocycles. The minimum absolute atomic E-state index is 0.0434. The Bertz CT molecular complexity index is 764. The number of rotatable bonds is 6. The normalized spacial score (nSPS) is 16.1. The third-order valence-corrected chi connectivity index (χ3v) is 5.52. The quantitative estimate of drug-likeness (QED) is 0.714. The Balaban J connectivity index is 1.81. The fraction of sp³-hybridized carbons (Fsp3) is 0.381. The van der Waals surface area contributed by atoms with Crippen LogP contribution in [0.25, 0.3) is 0 Å². The first-order valence-electron chi connectivity index (χ1n) is 9.14. The van der Waals surface area contributed by atoms with Crippen LogP contribution in [-0.4, -0.2) is 54.6 Å². The van der Waals surface area contributed by atoms with E-state index in [1.807, 2.05) is 35.2 Å². The molecule has 1 amide bonds. The Labute approximate surface area is 170 Å². The minimum atomic E-state index is -0.0434. The summed E-state index contributed by atoms with van der Waals surface area (Å²) in [6, 6.07) is 15.1. The molecule has 0 spiro atoms. The molecule has 0 saturated carbocycles. The highest BCUT2D eigenvalue weighted by molar-refractivity contribution is 6.42. The van der Waals surface area contributed by atoms with Gasteiger partial charge in [-0.1, -0.05) is 53.5 Å². The third kappa shape index (κ3) is 5.45. The second-order valence-corrected chi connectivity index (χ2v) is 7.62. The number of halogens is 2. The maximum Gasteiger partial charge on any atom is 0.254 e. The van der Waals surface area contributed by atoms with Gasteiger partial charge in [0.2, 0.25) is 0 Å². The highest BCUT2D eigenvalue weighted by atomic mass is 35.5. The Kier molecular flexibility index (Phi) is 7.13. The van der Waals surface area contributed by atoms with E-state index in [9.17, 15) is 4.79 Å². The fourth-order valence-electron chi connectivity index (χ4n) is 3.26. The SMILES string of the molecule is CC(CN1CCOCC1)N(Cc1ccccc1)C(=O)c1ccc(Cl)c(Cl)c1. The maximum absolute atomic E-state index is 13.3. The van der Waals surface area contributed by atoms with Crippen LogP contribution in [-0.2, 0) is 11.3 Å². The van der Waals surface area contributed by atoms with Crippen LogP contribution in [0.1, 0.15) is 22.8 Å². The molecule has 6 heteroatoms. The molecule has 1 heterocycles. The van der Waals surface area contributed by atoms with Crippen LogP contribution >= 0.6 is 23.2 Å². The zero-order valence-electron chi connectivity index (χ0n) is 15.4. The Hall–Kier alpha value is -1.59. The van der Waals surface area contributed by atoms with Crippen LogP contribution in [0, 0.1) is 0 Å². The summed E-state index contributed by atoms with van der Waals surface area (Å²) < 4.78 is 5.43. The second-order valence-electron chi connectivity index (χ2n) is 6.81. The highest BCUT2D eigenvalue weighted by Crippen LogP contribution is 2.24. The monoisotopic (exact) mass is 406 g/mol.